The van der Waals surface area contributed by atoms with E-state index in [1.807, 2.05) is 77.1 Å². The highest BCUT2D eigenvalue weighted by Gasteiger charge is 2.51. The molecule has 1 aliphatic rings. The largest absolute Gasteiger partial charge is 0.494 e. The van der Waals surface area contributed by atoms with E-state index in [9.17, 15) is 0 Å². The summed E-state index contributed by atoms with van der Waals surface area (Å²) in [5.74, 6) is 0. The molecule has 0 unspecified atom stereocenters. The molecule has 3 nitrogen and oxygen atoms in total. The fourth-order valence-corrected chi connectivity index (χ4v) is 4.35. The second-order valence-electron chi connectivity index (χ2n) is 11.2. The molecule has 4 heteroatoms. The van der Waals surface area contributed by atoms with Gasteiger partial charge in [-0.15, -0.1) is 0 Å². The zero-order chi connectivity index (χ0) is 32.9. The van der Waals surface area contributed by atoms with E-state index < -0.39 is 7.12 Å². The minimum atomic E-state index is -0.406. The van der Waals surface area contributed by atoms with Crippen LogP contribution in [0.15, 0.2) is 121 Å². The molecule has 1 heterocycles. The molecule has 3 aromatic carbocycles. The summed E-state index contributed by atoms with van der Waals surface area (Å²) in [5.41, 5.74) is 6.16. The van der Waals surface area contributed by atoms with Gasteiger partial charge in [-0.2, -0.15) is 0 Å². The second-order valence-corrected chi connectivity index (χ2v) is 11.2. The summed E-state index contributed by atoms with van der Waals surface area (Å²) in [6, 6.07) is 24.7. The van der Waals surface area contributed by atoms with Gasteiger partial charge >= 0.3 is 7.12 Å². The lowest BCUT2D eigenvalue weighted by molar-refractivity contribution is 0.00578. The first kappa shape index (κ1) is 36.2. The van der Waals surface area contributed by atoms with E-state index in [1.165, 1.54) is 0 Å². The van der Waals surface area contributed by atoms with Gasteiger partial charge in [-0.1, -0.05) is 137 Å². The van der Waals surface area contributed by atoms with Crippen LogP contribution < -0.4 is 15.9 Å². The van der Waals surface area contributed by atoms with Crippen molar-refractivity contribution < 1.29 is 9.31 Å². The number of nitrogens with zero attached hydrogens (tertiary/aromatic N) is 1. The molecule has 0 atom stereocenters. The molecule has 0 N–H and O–H groups in total. The quantitative estimate of drug-likeness (QED) is 0.120. The van der Waals surface area contributed by atoms with Crippen LogP contribution in [0.4, 0.5) is 0 Å². The summed E-state index contributed by atoms with van der Waals surface area (Å²) in [7, 11) is -0.406. The van der Waals surface area contributed by atoms with E-state index in [4.69, 9.17) is 14.3 Å². The number of allylic oxidation sites excluding steroid dienone is 6. The first-order chi connectivity index (χ1) is 21.0. The molecule has 0 aliphatic carbocycles. The molecule has 1 aliphatic heterocycles. The van der Waals surface area contributed by atoms with Crippen molar-refractivity contribution in [1.29, 1.82) is 0 Å². The molecule has 1 saturated heterocycles. The van der Waals surface area contributed by atoms with Gasteiger partial charge in [0.25, 0.3) is 0 Å². The molecule has 0 saturated carbocycles. The minimum absolute atomic E-state index is 0.384. The average Bonchev–Trinajstić information content (AvgIpc) is 3.26. The van der Waals surface area contributed by atoms with Gasteiger partial charge in [-0.3, -0.25) is 4.99 Å². The highest BCUT2D eigenvalue weighted by atomic mass is 16.7. The minimum Gasteiger partial charge on any atom is -0.399 e. The molecular formula is C40H50BNO2. The van der Waals surface area contributed by atoms with Crippen molar-refractivity contribution in [3.8, 4) is 0 Å². The van der Waals surface area contributed by atoms with Crippen LogP contribution in [0.2, 0.25) is 0 Å². The van der Waals surface area contributed by atoms with E-state index in [-0.39, 0.29) is 11.2 Å². The predicted molar refractivity (Wildman–Crippen MR) is 195 cm³/mol. The maximum Gasteiger partial charge on any atom is 0.494 e. The van der Waals surface area contributed by atoms with Crippen molar-refractivity contribution in [3.63, 3.8) is 0 Å². The van der Waals surface area contributed by atoms with Gasteiger partial charge in [0.05, 0.1) is 16.9 Å². The smallest absolute Gasteiger partial charge is 0.399 e. The molecule has 0 spiro atoms. The van der Waals surface area contributed by atoms with Crippen LogP contribution in [0.5, 0.6) is 0 Å². The summed E-state index contributed by atoms with van der Waals surface area (Å²) in [6.45, 7) is 30.3. The number of hydrogen-bond donors (Lipinski definition) is 0. The molecule has 0 aromatic heterocycles. The first-order valence-electron chi connectivity index (χ1n) is 15.4. The fraction of sp³-hybridized carbons (Fsp3) is 0.275. The van der Waals surface area contributed by atoms with Crippen LogP contribution in [0.1, 0.15) is 79.0 Å². The van der Waals surface area contributed by atoms with Gasteiger partial charge in [0.15, 0.2) is 0 Å². The van der Waals surface area contributed by atoms with Crippen LogP contribution in [0.3, 0.4) is 0 Å². The fourth-order valence-electron chi connectivity index (χ4n) is 4.35. The predicted octanol–water partition coefficient (Wildman–Crippen LogP) is 8.43. The zero-order valence-corrected chi connectivity index (χ0v) is 28.3. The summed E-state index contributed by atoms with van der Waals surface area (Å²) >= 11 is 0. The summed E-state index contributed by atoms with van der Waals surface area (Å²) in [4.78, 5) is 5.13. The molecule has 0 amide bonds. The van der Waals surface area contributed by atoms with Crippen molar-refractivity contribution in [2.75, 3.05) is 0 Å². The van der Waals surface area contributed by atoms with E-state index in [0.717, 1.165) is 49.6 Å². The number of benzene rings is 3. The lowest BCUT2D eigenvalue weighted by Crippen LogP contribution is -2.41. The van der Waals surface area contributed by atoms with Gasteiger partial charge in [0.1, 0.15) is 0 Å². The third-order valence-electron chi connectivity index (χ3n) is 7.75. The van der Waals surface area contributed by atoms with Crippen LogP contribution in [-0.4, -0.2) is 24.0 Å². The Morgan fingerprint density at radius 3 is 1.73 bits per heavy atom. The van der Waals surface area contributed by atoms with Gasteiger partial charge < -0.3 is 9.31 Å². The van der Waals surface area contributed by atoms with Crippen LogP contribution >= 0.6 is 0 Å². The lowest BCUT2D eigenvalue weighted by Gasteiger charge is -2.32. The summed E-state index contributed by atoms with van der Waals surface area (Å²) in [5, 5.41) is 1.92. The number of hydrogen-bond acceptors (Lipinski definition) is 3. The number of rotatable bonds is 7. The maximum absolute atomic E-state index is 6.24. The Hall–Kier alpha value is -3.99. The summed E-state index contributed by atoms with van der Waals surface area (Å²) in [6.07, 6.45) is 9.56. The Kier molecular flexibility index (Phi) is 13.8. The van der Waals surface area contributed by atoms with E-state index in [0.29, 0.717) is 0 Å². The SMILES string of the molecule is C/C=C\C.C=C/C=C(\C=C)c1ccc(C(C)=N/C(c2ccc(B3OC(C)(C)C(C)(C)O3)cc2)=c2/ccccc2=C)cc1.CC. The van der Waals surface area contributed by atoms with Crippen LogP contribution in [-0.2, 0) is 9.31 Å². The molecule has 0 bridgehead atoms. The Balaban J connectivity index is 0.00000104. The summed E-state index contributed by atoms with van der Waals surface area (Å²) < 4.78 is 12.5. The Morgan fingerprint density at radius 2 is 1.25 bits per heavy atom. The van der Waals surface area contributed by atoms with Crippen molar-refractivity contribution in [2.45, 2.75) is 73.5 Å². The Labute approximate surface area is 266 Å². The van der Waals surface area contributed by atoms with E-state index in [1.54, 1.807) is 6.08 Å². The maximum atomic E-state index is 6.24. The lowest BCUT2D eigenvalue weighted by atomic mass is 9.78. The Bertz CT molecular complexity index is 1570. The third-order valence-corrected chi connectivity index (χ3v) is 7.75. The molecular weight excluding hydrogens is 537 g/mol. The van der Waals surface area contributed by atoms with Crippen molar-refractivity contribution in [2.24, 2.45) is 4.99 Å². The van der Waals surface area contributed by atoms with E-state index >= 15 is 0 Å². The zero-order valence-electron chi connectivity index (χ0n) is 28.3. The first-order valence-corrected chi connectivity index (χ1v) is 15.4. The Morgan fingerprint density at radius 1 is 0.750 bits per heavy atom. The highest BCUT2D eigenvalue weighted by molar-refractivity contribution is 6.62. The topological polar surface area (TPSA) is 30.8 Å². The van der Waals surface area contributed by atoms with Crippen LogP contribution in [0, 0.1) is 0 Å². The molecule has 230 valence electrons. The van der Waals surface area contributed by atoms with Gasteiger partial charge in [0, 0.05) is 16.5 Å². The normalized spacial score (nSPS) is 16.3. The second kappa shape index (κ2) is 16.8. The van der Waals surface area contributed by atoms with Gasteiger partial charge in [-0.25, -0.2) is 0 Å². The molecule has 0 radical (unpaired) electrons. The van der Waals surface area contributed by atoms with Gasteiger partial charge in [-0.05, 0) is 75.8 Å². The average molecular weight is 588 g/mol. The molecule has 4 rings (SSSR count). The van der Waals surface area contributed by atoms with Crippen molar-refractivity contribution >= 4 is 36.1 Å². The van der Waals surface area contributed by atoms with Crippen molar-refractivity contribution in [1.82, 2.24) is 0 Å². The third kappa shape index (κ3) is 9.01. The standard InChI is InChI=1S/C34H36BNO2.C4H8.C2H6/c1-9-13-26(10-2)28-18-16-27(17-19-28)25(4)36-32(31-15-12-11-14-24(31)3)29-20-22-30(23-21-29)35-37-33(5,6)34(7,8)38-35;1-3-4-2;1-2/h9-23H,1-3H2,4-8H3;3-4H,1-2H3;1-2H3/b26-13+,32-31-,36-25?;4-3-;. The van der Waals surface area contributed by atoms with Gasteiger partial charge in [0.2, 0.25) is 0 Å². The number of aliphatic imine (C=N–C) groups is 1. The van der Waals surface area contributed by atoms with Crippen molar-refractivity contribution in [3.05, 3.63) is 143 Å². The highest BCUT2D eigenvalue weighted by Crippen LogP contribution is 2.36. The van der Waals surface area contributed by atoms with Crippen LogP contribution in [0.25, 0.3) is 17.8 Å². The monoisotopic (exact) mass is 587 g/mol. The van der Waals surface area contributed by atoms with E-state index in [2.05, 4.69) is 102 Å². The molecule has 1 fully saturated rings. The molecule has 3 aromatic rings. The molecule has 44 heavy (non-hydrogen) atoms.